The molecule has 0 unspecified atom stereocenters. The summed E-state index contributed by atoms with van der Waals surface area (Å²) in [7, 11) is 0. The molecule has 1 aromatic carbocycles. The number of carboxylic acid groups (broad SMARTS) is 1. The Bertz CT molecular complexity index is 380. The summed E-state index contributed by atoms with van der Waals surface area (Å²) in [5.74, 6) is -1.05. The largest absolute Gasteiger partial charge is 0.478 e. The van der Waals surface area contributed by atoms with Crippen LogP contribution >= 0.6 is 0 Å². The van der Waals surface area contributed by atoms with Gasteiger partial charge in [-0.2, -0.15) is 0 Å². The number of nitrogens with zero attached hydrogens (tertiary/aromatic N) is 1. The van der Waals surface area contributed by atoms with Crippen LogP contribution in [0.5, 0.6) is 0 Å². The standard InChI is InChI=1S/C9H7NO4/c11-5-8(10-14)6-1-3-7(4-2-6)9(12)13/h1-5,14H,(H,12,13). The molecule has 0 aliphatic carbocycles. The predicted octanol–water partition coefficient (Wildman–Crippen LogP) is 0.762. The Hall–Kier alpha value is -2.17. The fraction of sp³-hybridized carbons (Fsp3) is 0. The van der Waals surface area contributed by atoms with E-state index in [2.05, 4.69) is 5.16 Å². The second-order valence-corrected chi connectivity index (χ2v) is 2.49. The van der Waals surface area contributed by atoms with Crippen molar-refractivity contribution < 1.29 is 19.9 Å². The Morgan fingerprint density at radius 1 is 1.21 bits per heavy atom. The molecule has 1 rings (SSSR count). The van der Waals surface area contributed by atoms with Crippen molar-refractivity contribution in [1.29, 1.82) is 0 Å². The molecule has 14 heavy (non-hydrogen) atoms. The maximum Gasteiger partial charge on any atom is 0.335 e. The Balaban J connectivity index is 3.05. The summed E-state index contributed by atoms with van der Waals surface area (Å²) in [5, 5.41) is 19.7. The van der Waals surface area contributed by atoms with Gasteiger partial charge in [0.05, 0.1) is 5.56 Å². The third-order valence-electron chi connectivity index (χ3n) is 1.65. The van der Waals surface area contributed by atoms with Crippen molar-refractivity contribution in [1.82, 2.24) is 0 Å². The highest BCUT2D eigenvalue weighted by Gasteiger charge is 2.05. The van der Waals surface area contributed by atoms with Crippen LogP contribution in [-0.4, -0.2) is 28.3 Å². The Kier molecular flexibility index (Phi) is 2.96. The number of carbonyl (C=O) groups excluding carboxylic acids is 1. The maximum atomic E-state index is 10.5. The summed E-state index contributed by atoms with van der Waals surface area (Å²) in [4.78, 5) is 20.8. The van der Waals surface area contributed by atoms with Crippen molar-refractivity contribution in [3.05, 3.63) is 35.4 Å². The lowest BCUT2D eigenvalue weighted by molar-refractivity contribution is -0.102. The lowest BCUT2D eigenvalue weighted by atomic mass is 10.1. The van der Waals surface area contributed by atoms with Gasteiger partial charge in [-0.25, -0.2) is 4.79 Å². The zero-order chi connectivity index (χ0) is 10.6. The predicted molar refractivity (Wildman–Crippen MR) is 47.8 cm³/mol. The van der Waals surface area contributed by atoms with Crippen molar-refractivity contribution in [2.45, 2.75) is 0 Å². The van der Waals surface area contributed by atoms with Gasteiger partial charge < -0.3 is 10.3 Å². The first-order valence-electron chi connectivity index (χ1n) is 3.70. The minimum atomic E-state index is -1.05. The van der Waals surface area contributed by atoms with E-state index in [1.165, 1.54) is 24.3 Å². The summed E-state index contributed by atoms with van der Waals surface area (Å²) < 4.78 is 0. The van der Waals surface area contributed by atoms with Gasteiger partial charge in [-0.05, 0) is 12.1 Å². The molecule has 5 heteroatoms. The molecule has 0 aliphatic rings. The van der Waals surface area contributed by atoms with E-state index in [0.29, 0.717) is 11.8 Å². The van der Waals surface area contributed by atoms with Crippen LogP contribution in [0.4, 0.5) is 0 Å². The van der Waals surface area contributed by atoms with E-state index in [1.54, 1.807) is 0 Å². The number of aldehydes is 1. The third kappa shape index (κ3) is 1.95. The van der Waals surface area contributed by atoms with E-state index < -0.39 is 5.97 Å². The second-order valence-electron chi connectivity index (χ2n) is 2.49. The number of aromatic carboxylic acids is 1. The normalized spacial score (nSPS) is 11.0. The van der Waals surface area contributed by atoms with Crippen LogP contribution in [-0.2, 0) is 4.79 Å². The van der Waals surface area contributed by atoms with E-state index >= 15 is 0 Å². The maximum absolute atomic E-state index is 10.5. The van der Waals surface area contributed by atoms with Crippen LogP contribution in [0.2, 0.25) is 0 Å². The molecule has 2 N–H and O–H groups in total. The summed E-state index contributed by atoms with van der Waals surface area (Å²) >= 11 is 0. The quantitative estimate of drug-likeness (QED) is 0.321. The van der Waals surface area contributed by atoms with Gasteiger partial charge in [0.2, 0.25) is 0 Å². The molecule has 0 bridgehead atoms. The van der Waals surface area contributed by atoms with Crippen molar-refractivity contribution in [3.63, 3.8) is 0 Å². The Morgan fingerprint density at radius 3 is 2.07 bits per heavy atom. The van der Waals surface area contributed by atoms with E-state index in [9.17, 15) is 9.59 Å². The molecule has 1 aromatic rings. The number of benzene rings is 1. The fourth-order valence-electron chi connectivity index (χ4n) is 0.933. The molecule has 5 nitrogen and oxygen atoms in total. The summed E-state index contributed by atoms with van der Waals surface area (Å²) in [5.41, 5.74) is 0.339. The first-order valence-corrected chi connectivity index (χ1v) is 3.70. The highest BCUT2D eigenvalue weighted by atomic mass is 16.4. The molecular weight excluding hydrogens is 186 g/mol. The minimum absolute atomic E-state index is 0.108. The summed E-state index contributed by atoms with van der Waals surface area (Å²) in [6, 6.07) is 5.44. The van der Waals surface area contributed by atoms with Crippen LogP contribution in [0, 0.1) is 0 Å². The van der Waals surface area contributed by atoms with Crippen molar-refractivity contribution >= 4 is 18.0 Å². The van der Waals surface area contributed by atoms with Crippen molar-refractivity contribution in [2.24, 2.45) is 5.16 Å². The first kappa shape index (κ1) is 9.91. The van der Waals surface area contributed by atoms with Crippen LogP contribution in [0.25, 0.3) is 0 Å². The number of rotatable bonds is 3. The SMILES string of the molecule is O=CC(=NO)c1ccc(C(=O)O)cc1. The van der Waals surface area contributed by atoms with Gasteiger partial charge >= 0.3 is 5.97 Å². The van der Waals surface area contributed by atoms with E-state index in [-0.39, 0.29) is 11.3 Å². The number of hydrogen-bond donors (Lipinski definition) is 2. The fourth-order valence-corrected chi connectivity index (χ4v) is 0.933. The molecule has 0 spiro atoms. The molecule has 0 atom stereocenters. The van der Waals surface area contributed by atoms with Gasteiger partial charge in [-0.15, -0.1) is 0 Å². The number of hydrogen-bond acceptors (Lipinski definition) is 4. The first-order chi connectivity index (χ1) is 6.69. The van der Waals surface area contributed by atoms with Gasteiger partial charge in [0.1, 0.15) is 5.71 Å². The minimum Gasteiger partial charge on any atom is -0.478 e. The Labute approximate surface area is 79.3 Å². The van der Waals surface area contributed by atoms with E-state index in [4.69, 9.17) is 10.3 Å². The molecule has 0 amide bonds. The molecule has 0 heterocycles. The molecule has 0 saturated heterocycles. The zero-order valence-corrected chi connectivity index (χ0v) is 7.04. The van der Waals surface area contributed by atoms with Gasteiger partial charge in [-0.1, -0.05) is 17.3 Å². The van der Waals surface area contributed by atoms with Crippen molar-refractivity contribution in [2.75, 3.05) is 0 Å². The smallest absolute Gasteiger partial charge is 0.335 e. The van der Waals surface area contributed by atoms with E-state index in [0.717, 1.165) is 0 Å². The molecule has 0 aliphatic heterocycles. The average Bonchev–Trinajstić information content (AvgIpc) is 2.20. The monoisotopic (exact) mass is 193 g/mol. The summed E-state index contributed by atoms with van der Waals surface area (Å²) in [6.07, 6.45) is 0.385. The van der Waals surface area contributed by atoms with Gasteiger partial charge in [0, 0.05) is 5.56 Å². The number of carbonyl (C=O) groups is 2. The molecule has 72 valence electrons. The molecule has 0 saturated carbocycles. The number of carboxylic acids is 1. The van der Waals surface area contributed by atoms with Gasteiger partial charge in [0.15, 0.2) is 6.29 Å². The zero-order valence-electron chi connectivity index (χ0n) is 7.04. The molecular formula is C9H7NO4. The number of oxime groups is 1. The molecule has 0 radical (unpaired) electrons. The topological polar surface area (TPSA) is 87.0 Å². The highest BCUT2D eigenvalue weighted by molar-refractivity contribution is 6.36. The van der Waals surface area contributed by atoms with Gasteiger partial charge in [-0.3, -0.25) is 4.79 Å². The van der Waals surface area contributed by atoms with Crippen LogP contribution in [0.3, 0.4) is 0 Å². The van der Waals surface area contributed by atoms with Crippen molar-refractivity contribution in [3.8, 4) is 0 Å². The van der Waals surface area contributed by atoms with Crippen LogP contribution in [0.1, 0.15) is 15.9 Å². The average molecular weight is 193 g/mol. The van der Waals surface area contributed by atoms with Crippen LogP contribution < -0.4 is 0 Å². The molecule has 0 aromatic heterocycles. The Morgan fingerprint density at radius 2 is 1.71 bits per heavy atom. The van der Waals surface area contributed by atoms with E-state index in [1.807, 2.05) is 0 Å². The highest BCUT2D eigenvalue weighted by Crippen LogP contribution is 2.04. The van der Waals surface area contributed by atoms with Crippen LogP contribution in [0.15, 0.2) is 29.4 Å². The van der Waals surface area contributed by atoms with Gasteiger partial charge in [0.25, 0.3) is 0 Å². The third-order valence-corrected chi connectivity index (χ3v) is 1.65. The second kappa shape index (κ2) is 4.18. The lowest BCUT2D eigenvalue weighted by Crippen LogP contribution is -2.03. The summed E-state index contributed by atoms with van der Waals surface area (Å²) in [6.45, 7) is 0. The lowest BCUT2D eigenvalue weighted by Gasteiger charge is -1.97. The molecule has 0 fully saturated rings.